The highest BCUT2D eigenvalue weighted by Crippen LogP contribution is 2.44. The Hall–Kier alpha value is -8.72. The molecule has 0 aliphatic carbocycles. The average Bonchev–Trinajstić information content (AvgIpc) is 3.70. The van der Waals surface area contributed by atoms with E-state index in [0.29, 0.717) is 23.0 Å². The van der Waals surface area contributed by atoms with Crippen LogP contribution >= 0.6 is 0 Å². The van der Waals surface area contributed by atoms with Gasteiger partial charge < -0.3 is 4.57 Å². The van der Waals surface area contributed by atoms with Gasteiger partial charge in [-0.2, -0.15) is 5.26 Å². The van der Waals surface area contributed by atoms with Crippen molar-refractivity contribution in [2.75, 3.05) is 0 Å². The van der Waals surface area contributed by atoms with Gasteiger partial charge in [0.2, 0.25) is 0 Å². The van der Waals surface area contributed by atoms with E-state index in [2.05, 4.69) is 132 Å². The number of nitrogens with zero attached hydrogens (tertiary/aromatic N) is 5. The van der Waals surface area contributed by atoms with Gasteiger partial charge in [-0.05, 0) is 108 Å². The summed E-state index contributed by atoms with van der Waals surface area (Å²) in [7, 11) is 0. The molecule has 0 radical (unpaired) electrons. The Morgan fingerprint density at radius 2 is 0.841 bits per heavy atom. The maximum atomic E-state index is 9.94. The minimum absolute atomic E-state index is 0.647. The number of hydrogen-bond donors (Lipinski definition) is 0. The predicted molar refractivity (Wildman–Crippen MR) is 258 cm³/mol. The van der Waals surface area contributed by atoms with E-state index in [0.717, 1.165) is 60.9 Å². The largest absolute Gasteiger partial charge is 0.309 e. The molecule has 2 aromatic heterocycles. The van der Waals surface area contributed by atoms with Crippen molar-refractivity contribution in [1.82, 2.24) is 19.5 Å². The van der Waals surface area contributed by atoms with Gasteiger partial charge in [-0.15, -0.1) is 0 Å². The summed E-state index contributed by atoms with van der Waals surface area (Å²) in [5.74, 6) is 1.94. The smallest absolute Gasteiger partial charge is 0.164 e. The molecule has 0 atom stereocenters. The molecule has 13 aromatic rings. The van der Waals surface area contributed by atoms with Crippen molar-refractivity contribution in [3.8, 4) is 68.2 Å². The molecule has 0 fully saturated rings. The number of hydrogen-bond acceptors (Lipinski definition) is 4. The lowest BCUT2D eigenvalue weighted by Gasteiger charge is -2.17. The van der Waals surface area contributed by atoms with Crippen LogP contribution in [0, 0.1) is 11.3 Å². The fourth-order valence-corrected chi connectivity index (χ4v) is 9.87. The van der Waals surface area contributed by atoms with Crippen molar-refractivity contribution in [1.29, 1.82) is 5.26 Å². The van der Waals surface area contributed by atoms with Crippen molar-refractivity contribution < 1.29 is 0 Å². The van der Waals surface area contributed by atoms with Gasteiger partial charge in [0.15, 0.2) is 17.5 Å². The van der Waals surface area contributed by atoms with E-state index >= 15 is 0 Å². The molecule has 0 unspecified atom stereocenters. The quantitative estimate of drug-likeness (QED) is 0.157. The summed E-state index contributed by atoms with van der Waals surface area (Å²) in [6.45, 7) is 0. The molecule has 0 aliphatic rings. The first-order chi connectivity index (χ1) is 31.2. The molecule has 290 valence electrons. The second-order valence-electron chi connectivity index (χ2n) is 16.3. The normalized spacial score (nSPS) is 11.8. The third kappa shape index (κ3) is 5.45. The second-order valence-corrected chi connectivity index (χ2v) is 16.3. The molecule has 0 saturated heterocycles. The average molecular weight is 800 g/mol. The van der Waals surface area contributed by atoms with Crippen LogP contribution in [0.15, 0.2) is 200 Å². The highest BCUT2D eigenvalue weighted by molar-refractivity contribution is 6.28. The van der Waals surface area contributed by atoms with E-state index in [4.69, 9.17) is 15.0 Å². The molecule has 63 heavy (non-hydrogen) atoms. The lowest BCUT2D eigenvalue weighted by molar-refractivity contribution is 1.08. The zero-order valence-corrected chi connectivity index (χ0v) is 33.8. The third-order valence-electron chi connectivity index (χ3n) is 12.7. The zero-order chi connectivity index (χ0) is 41.6. The van der Waals surface area contributed by atoms with Gasteiger partial charge in [0.1, 0.15) is 0 Å². The molecule has 13 rings (SSSR count). The van der Waals surface area contributed by atoms with Gasteiger partial charge in [0.25, 0.3) is 0 Å². The van der Waals surface area contributed by atoms with Crippen LogP contribution in [0.1, 0.15) is 5.56 Å². The van der Waals surface area contributed by atoms with Crippen LogP contribution in [0.4, 0.5) is 0 Å². The molecule has 0 N–H and O–H groups in total. The van der Waals surface area contributed by atoms with Crippen LogP contribution in [0.25, 0.3) is 127 Å². The Morgan fingerprint density at radius 1 is 0.349 bits per heavy atom. The number of nitriles is 1. The molecule has 0 aliphatic heterocycles. The van der Waals surface area contributed by atoms with E-state index < -0.39 is 0 Å². The van der Waals surface area contributed by atoms with E-state index in [-0.39, 0.29) is 0 Å². The summed E-state index contributed by atoms with van der Waals surface area (Å²) in [5.41, 5.74) is 11.4. The molecule has 5 heteroatoms. The van der Waals surface area contributed by atoms with Gasteiger partial charge in [0.05, 0.1) is 22.7 Å². The number of aromatic nitrogens is 4. The summed E-state index contributed by atoms with van der Waals surface area (Å²) in [4.78, 5) is 15.2. The monoisotopic (exact) mass is 799 g/mol. The molecule has 11 aromatic carbocycles. The van der Waals surface area contributed by atoms with Gasteiger partial charge >= 0.3 is 0 Å². The minimum atomic E-state index is 0.647. The van der Waals surface area contributed by atoms with Crippen LogP contribution in [0.2, 0.25) is 0 Å². The summed E-state index contributed by atoms with van der Waals surface area (Å²) < 4.78 is 2.31. The molecule has 0 bridgehead atoms. The summed E-state index contributed by atoms with van der Waals surface area (Å²) in [6.07, 6.45) is 0. The Labute approximate surface area is 362 Å². The molecular weight excluding hydrogens is 767 g/mol. The van der Waals surface area contributed by atoms with Crippen LogP contribution in [-0.4, -0.2) is 19.5 Å². The van der Waals surface area contributed by atoms with Crippen molar-refractivity contribution in [2.24, 2.45) is 0 Å². The van der Waals surface area contributed by atoms with Crippen molar-refractivity contribution in [2.45, 2.75) is 0 Å². The standard InChI is InChI=1S/C58H33N5/c59-34-35-30-42-20-21-43-32-44(33-51-55(43)54(42)50(31-35)63(51)45-14-8-3-9-15-45)36-16-18-37(19-17-36)46-26-22-38-24-28-48-49(29-25-39-23-27-47(46)52(38)53(39)48)58-61-56(40-10-4-1-5-11-40)60-57(62-58)41-12-6-2-7-13-41/h1-33H. The molecule has 2 heterocycles. The van der Waals surface area contributed by atoms with Crippen molar-refractivity contribution in [3.63, 3.8) is 0 Å². The third-order valence-corrected chi connectivity index (χ3v) is 12.7. The highest BCUT2D eigenvalue weighted by atomic mass is 15.0. The van der Waals surface area contributed by atoms with Gasteiger partial charge in [-0.3, -0.25) is 0 Å². The number of benzene rings is 11. The fourth-order valence-electron chi connectivity index (χ4n) is 9.87. The number of rotatable bonds is 6. The number of para-hydroxylation sites is 1. The molecule has 0 amide bonds. The van der Waals surface area contributed by atoms with E-state index in [1.54, 1.807) is 0 Å². The Balaban J connectivity index is 0.944. The van der Waals surface area contributed by atoms with Crippen LogP contribution in [0.3, 0.4) is 0 Å². The SMILES string of the molecule is N#Cc1cc2ccc3cc(-c4ccc(-c5ccc6ccc7c(-c8nc(-c9ccccc9)nc(-c9ccccc9)n8)ccc8ccc5c6c87)cc4)cc4c3c2c(c1)n4-c1ccccc1. The van der Waals surface area contributed by atoms with Crippen LogP contribution < -0.4 is 0 Å². The van der Waals surface area contributed by atoms with Crippen LogP contribution in [-0.2, 0) is 0 Å². The summed E-state index contributed by atoms with van der Waals surface area (Å²) in [5, 5.41) is 21.7. The minimum Gasteiger partial charge on any atom is -0.309 e. The first-order valence-corrected chi connectivity index (χ1v) is 21.2. The van der Waals surface area contributed by atoms with E-state index in [1.165, 1.54) is 48.7 Å². The molecule has 0 saturated carbocycles. The maximum absolute atomic E-state index is 9.94. The fraction of sp³-hybridized carbons (Fsp3) is 0. The Morgan fingerprint density at radius 3 is 1.46 bits per heavy atom. The first kappa shape index (κ1) is 35.1. The van der Waals surface area contributed by atoms with Gasteiger partial charge in [-0.25, -0.2) is 15.0 Å². The van der Waals surface area contributed by atoms with Crippen LogP contribution in [0.5, 0.6) is 0 Å². The zero-order valence-electron chi connectivity index (χ0n) is 33.8. The van der Waals surface area contributed by atoms with Crippen molar-refractivity contribution >= 4 is 64.9 Å². The lowest BCUT2D eigenvalue weighted by atomic mass is 9.88. The van der Waals surface area contributed by atoms with E-state index in [1.807, 2.05) is 78.9 Å². The Bertz CT molecular complexity index is 3880. The molecular formula is C58H33N5. The van der Waals surface area contributed by atoms with E-state index in [9.17, 15) is 5.26 Å². The lowest BCUT2D eigenvalue weighted by Crippen LogP contribution is -2.00. The second kappa shape index (κ2) is 13.7. The summed E-state index contributed by atoms with van der Waals surface area (Å²) >= 11 is 0. The molecule has 0 spiro atoms. The first-order valence-electron chi connectivity index (χ1n) is 21.2. The van der Waals surface area contributed by atoms with Gasteiger partial charge in [-0.1, -0.05) is 158 Å². The van der Waals surface area contributed by atoms with Crippen molar-refractivity contribution in [3.05, 3.63) is 206 Å². The summed E-state index contributed by atoms with van der Waals surface area (Å²) in [6, 6.07) is 72.9. The van der Waals surface area contributed by atoms with Gasteiger partial charge in [0, 0.05) is 33.2 Å². The Kier molecular flexibility index (Phi) is 7.60. The highest BCUT2D eigenvalue weighted by Gasteiger charge is 2.21. The molecule has 5 nitrogen and oxygen atoms in total. The maximum Gasteiger partial charge on any atom is 0.164 e. The predicted octanol–water partition coefficient (Wildman–Crippen LogP) is 14.7. The topological polar surface area (TPSA) is 67.4 Å².